The van der Waals surface area contributed by atoms with Gasteiger partial charge in [-0.3, -0.25) is 5.01 Å². The lowest BCUT2D eigenvalue weighted by Crippen LogP contribution is -2.38. The van der Waals surface area contributed by atoms with Crippen molar-refractivity contribution in [2.75, 3.05) is 13.1 Å². The Balaban J connectivity index is 0.000000160. The Bertz CT molecular complexity index is 609. The number of fused-ring (bicyclic) bond motifs is 1. The third-order valence-electron chi connectivity index (χ3n) is 3.67. The van der Waals surface area contributed by atoms with Gasteiger partial charge in [0.05, 0.1) is 4.90 Å². The van der Waals surface area contributed by atoms with Gasteiger partial charge in [-0.05, 0) is 31.9 Å². The van der Waals surface area contributed by atoms with Gasteiger partial charge >= 0.3 is 0 Å². The summed E-state index contributed by atoms with van der Waals surface area (Å²) in [5.74, 6) is 0. The van der Waals surface area contributed by atoms with Gasteiger partial charge in [-0.1, -0.05) is 17.7 Å². The van der Waals surface area contributed by atoms with Gasteiger partial charge in [0.15, 0.2) is 6.42 Å². The monoisotopic (exact) mass is 322 g/mol. The van der Waals surface area contributed by atoms with Crippen molar-refractivity contribution in [2.24, 2.45) is 0 Å². The Morgan fingerprint density at radius 3 is 2.59 bits per heavy atom. The van der Waals surface area contributed by atoms with Crippen molar-refractivity contribution in [3.05, 3.63) is 41.6 Å². The molecule has 0 aromatic heterocycles. The van der Waals surface area contributed by atoms with Crippen LogP contribution < -0.4 is 5.43 Å². The second kappa shape index (κ2) is 7.70. The minimum absolute atomic E-state index is 0.178. The van der Waals surface area contributed by atoms with E-state index in [4.69, 9.17) is 0 Å². The molecule has 2 aliphatic rings. The zero-order chi connectivity index (χ0) is 16.0. The molecule has 1 aromatic carbocycles. The first-order chi connectivity index (χ1) is 10.5. The molecule has 1 saturated heterocycles. The Labute approximate surface area is 132 Å². The molecule has 120 valence electrons. The minimum Gasteiger partial charge on any atom is -0.744 e. The van der Waals surface area contributed by atoms with Crippen molar-refractivity contribution in [2.45, 2.75) is 43.9 Å². The van der Waals surface area contributed by atoms with Crippen molar-refractivity contribution in [3.63, 3.8) is 0 Å². The first-order valence-electron chi connectivity index (χ1n) is 7.60. The van der Waals surface area contributed by atoms with Crippen LogP contribution in [0.25, 0.3) is 0 Å². The van der Waals surface area contributed by atoms with Gasteiger partial charge in [-0.2, -0.15) is 0 Å². The highest BCUT2D eigenvalue weighted by Crippen LogP contribution is 2.19. The highest BCUT2D eigenvalue weighted by atomic mass is 32.2. The Morgan fingerprint density at radius 2 is 1.91 bits per heavy atom. The lowest BCUT2D eigenvalue weighted by atomic mass is 10.1. The van der Waals surface area contributed by atoms with Gasteiger partial charge in [0.1, 0.15) is 10.1 Å². The number of benzene rings is 1. The van der Waals surface area contributed by atoms with Crippen LogP contribution in [0.1, 0.15) is 37.7 Å². The number of hydrogen-bond acceptors (Lipinski definition) is 5. The Kier molecular flexibility index (Phi) is 5.91. The number of nitrogens with zero attached hydrogens (tertiary/aromatic N) is 1. The normalized spacial score (nSPS) is 18.1. The Hall–Kier alpha value is -1.46. The van der Waals surface area contributed by atoms with Crippen LogP contribution in [0.3, 0.4) is 0 Å². The van der Waals surface area contributed by atoms with Gasteiger partial charge in [0.25, 0.3) is 5.70 Å². The molecule has 1 aromatic rings. The summed E-state index contributed by atoms with van der Waals surface area (Å²) >= 11 is 0. The van der Waals surface area contributed by atoms with E-state index >= 15 is 0 Å². The summed E-state index contributed by atoms with van der Waals surface area (Å²) in [6.07, 6.45) is 9.72. The molecule has 22 heavy (non-hydrogen) atoms. The average Bonchev–Trinajstić information content (AvgIpc) is 2.72. The smallest absolute Gasteiger partial charge is 0.270 e. The molecule has 0 unspecified atom stereocenters. The molecule has 0 atom stereocenters. The maximum Gasteiger partial charge on any atom is 0.270 e. The molecule has 3 rings (SSSR count). The van der Waals surface area contributed by atoms with E-state index in [-0.39, 0.29) is 4.90 Å². The van der Waals surface area contributed by atoms with E-state index < -0.39 is 10.1 Å². The average molecular weight is 322 g/mol. The minimum atomic E-state index is -4.27. The highest BCUT2D eigenvalue weighted by Gasteiger charge is 2.25. The molecule has 2 heterocycles. The van der Waals surface area contributed by atoms with Crippen molar-refractivity contribution in [1.29, 1.82) is 0 Å². The summed E-state index contributed by atoms with van der Waals surface area (Å²) in [6.45, 7) is 4.15. The van der Waals surface area contributed by atoms with E-state index in [2.05, 4.69) is 16.5 Å². The van der Waals surface area contributed by atoms with Gasteiger partial charge in [-0.25, -0.2) is 13.8 Å². The largest absolute Gasteiger partial charge is 0.744 e. The van der Waals surface area contributed by atoms with Crippen molar-refractivity contribution in [1.82, 2.24) is 10.4 Å². The third kappa shape index (κ3) is 5.07. The van der Waals surface area contributed by atoms with E-state index in [1.807, 2.05) is 6.92 Å². The van der Waals surface area contributed by atoms with E-state index in [1.165, 1.54) is 50.1 Å². The summed E-state index contributed by atoms with van der Waals surface area (Å²) in [7, 11) is -4.27. The number of rotatable bonds is 1. The molecular formula is C16H22N2O3S. The molecule has 0 spiro atoms. The molecule has 1 fully saturated rings. The van der Waals surface area contributed by atoms with Crippen LogP contribution in [0.2, 0.25) is 0 Å². The molecule has 0 saturated carbocycles. The van der Waals surface area contributed by atoms with Gasteiger partial charge in [0, 0.05) is 25.9 Å². The summed E-state index contributed by atoms with van der Waals surface area (Å²) in [5.41, 5.74) is 5.76. The van der Waals surface area contributed by atoms with Crippen LogP contribution in [-0.2, 0) is 10.1 Å². The quantitative estimate of drug-likeness (QED) is 0.635. The van der Waals surface area contributed by atoms with Crippen LogP contribution in [0.15, 0.2) is 34.9 Å². The van der Waals surface area contributed by atoms with Crippen molar-refractivity contribution in [3.8, 4) is 0 Å². The number of aryl methyl sites for hydroxylation is 1. The number of allylic oxidation sites excluding steroid dienone is 2. The highest BCUT2D eigenvalue weighted by molar-refractivity contribution is 7.85. The summed E-state index contributed by atoms with van der Waals surface area (Å²) in [5, 5.41) is 2.29. The summed E-state index contributed by atoms with van der Waals surface area (Å²) < 4.78 is 31.2. The third-order valence-corrected chi connectivity index (χ3v) is 4.52. The fourth-order valence-corrected chi connectivity index (χ4v) is 2.90. The lowest BCUT2D eigenvalue weighted by Gasteiger charge is -2.21. The maximum absolute atomic E-state index is 10.4. The van der Waals surface area contributed by atoms with Crippen LogP contribution in [0.5, 0.6) is 0 Å². The maximum atomic E-state index is 10.4. The fraction of sp³-hybridized carbons (Fsp3) is 0.500. The molecule has 1 N–H and O–H groups in total. The number of hydrazine groups is 1. The molecule has 5 nitrogen and oxygen atoms in total. The Morgan fingerprint density at radius 1 is 1.18 bits per heavy atom. The van der Waals surface area contributed by atoms with Crippen LogP contribution >= 0.6 is 0 Å². The van der Waals surface area contributed by atoms with Crippen LogP contribution in [0, 0.1) is 13.0 Å². The summed E-state index contributed by atoms with van der Waals surface area (Å²) in [4.78, 5) is -0.178. The molecular weight excluding hydrogens is 300 g/mol. The van der Waals surface area contributed by atoms with E-state index in [0.29, 0.717) is 0 Å². The molecule has 0 amide bonds. The SMILES string of the molecule is Cc1ccc(S(=O)(=O)[O-])cc1.[C+]1=C2CCCCNN2CCC1. The van der Waals surface area contributed by atoms with E-state index in [1.54, 1.807) is 12.1 Å². The number of hydrogen-bond donors (Lipinski definition) is 1. The van der Waals surface area contributed by atoms with Crippen molar-refractivity contribution >= 4 is 10.1 Å². The van der Waals surface area contributed by atoms with Gasteiger partial charge < -0.3 is 4.55 Å². The van der Waals surface area contributed by atoms with E-state index in [9.17, 15) is 13.0 Å². The molecule has 0 aliphatic carbocycles. The second-order valence-corrected chi connectivity index (χ2v) is 6.89. The van der Waals surface area contributed by atoms with E-state index in [0.717, 1.165) is 18.5 Å². The van der Waals surface area contributed by atoms with Crippen LogP contribution in [0.4, 0.5) is 0 Å². The first-order valence-corrected chi connectivity index (χ1v) is 9.01. The van der Waals surface area contributed by atoms with Crippen LogP contribution in [-0.4, -0.2) is 31.1 Å². The summed E-state index contributed by atoms with van der Waals surface area (Å²) in [6, 6.07) is 5.78. The first kappa shape index (κ1) is 16.9. The predicted molar refractivity (Wildman–Crippen MR) is 83.7 cm³/mol. The zero-order valence-corrected chi connectivity index (χ0v) is 13.7. The zero-order valence-electron chi connectivity index (χ0n) is 12.8. The van der Waals surface area contributed by atoms with Gasteiger partial charge in [0.2, 0.25) is 6.08 Å². The molecule has 0 bridgehead atoms. The standard InChI is InChI=1S/C9H15N2.C7H8O3S/c1-3-7-10-11-8-4-2-6-9(11)5-1;1-6-2-4-7(5-3-6)11(8,9)10/h10H,1-5,7-8H2;2-5H,1H3,(H,8,9,10)/q+1;/p-1. The molecule has 2 aliphatic heterocycles. The lowest BCUT2D eigenvalue weighted by molar-refractivity contribution is 0.234. The molecule has 0 radical (unpaired) electrons. The predicted octanol–water partition coefficient (Wildman–Crippen LogP) is 2.36. The van der Waals surface area contributed by atoms with Gasteiger partial charge in [-0.15, -0.1) is 0 Å². The van der Waals surface area contributed by atoms with Crippen molar-refractivity contribution < 1.29 is 13.0 Å². The fourth-order valence-electron chi connectivity index (χ4n) is 2.43. The topological polar surface area (TPSA) is 72.5 Å². The second-order valence-electron chi connectivity index (χ2n) is 5.51. The number of nitrogens with one attached hydrogen (secondary N) is 1. The molecule has 6 heteroatoms.